The van der Waals surface area contributed by atoms with E-state index in [1.165, 1.54) is 30.3 Å². The molecule has 5 nitrogen and oxygen atoms in total. The normalized spacial score (nSPS) is 13.0. The number of halogens is 4. The number of sulfonamides is 1. The molecule has 0 saturated heterocycles. The third kappa shape index (κ3) is 4.94. The molecule has 0 radical (unpaired) electrons. The number of nitrogens with one attached hydrogen (secondary N) is 1. The summed E-state index contributed by atoms with van der Waals surface area (Å²) in [6.07, 6.45) is 7.62. The Balaban J connectivity index is 1.62. The van der Waals surface area contributed by atoms with Crippen molar-refractivity contribution >= 4 is 74.3 Å². The SMILES string of the molecule is O=S(=O)(Nc1cc(Cl)c(Oc2cnc3c(c2)=CCCC=3)c(Cl)c1)c1ccc(Cl)cc1Cl. The maximum atomic E-state index is 12.7. The molecule has 0 bridgehead atoms. The van der Waals surface area contributed by atoms with Gasteiger partial charge in [0.05, 0.1) is 32.3 Å². The molecule has 4 rings (SSSR count). The van der Waals surface area contributed by atoms with Crippen LogP contribution in [-0.2, 0) is 10.0 Å². The van der Waals surface area contributed by atoms with Crippen molar-refractivity contribution in [3.8, 4) is 11.5 Å². The lowest BCUT2D eigenvalue weighted by molar-refractivity contribution is 0.480. The Labute approximate surface area is 198 Å². The third-order valence-electron chi connectivity index (χ3n) is 4.45. The summed E-state index contributed by atoms with van der Waals surface area (Å²) in [6.45, 7) is 0. The van der Waals surface area contributed by atoms with Gasteiger partial charge in [-0.25, -0.2) is 8.42 Å². The van der Waals surface area contributed by atoms with Crippen LogP contribution < -0.4 is 20.0 Å². The van der Waals surface area contributed by atoms with E-state index in [0.717, 1.165) is 23.4 Å². The monoisotopic (exact) mass is 514 g/mol. The zero-order chi connectivity index (χ0) is 22.2. The molecule has 1 N–H and O–H groups in total. The van der Waals surface area contributed by atoms with Gasteiger partial charge in [-0.1, -0.05) is 58.6 Å². The number of ether oxygens (including phenoxy) is 1. The zero-order valence-electron chi connectivity index (χ0n) is 15.7. The van der Waals surface area contributed by atoms with Crippen molar-refractivity contribution in [3.63, 3.8) is 0 Å². The molecule has 10 heteroatoms. The van der Waals surface area contributed by atoms with E-state index in [2.05, 4.69) is 21.9 Å². The molecular weight excluding hydrogens is 502 g/mol. The summed E-state index contributed by atoms with van der Waals surface area (Å²) in [5, 5.41) is 2.44. The third-order valence-corrected chi connectivity index (χ3v) is 7.11. The van der Waals surface area contributed by atoms with Gasteiger partial charge in [-0.3, -0.25) is 9.71 Å². The topological polar surface area (TPSA) is 68.3 Å². The first-order valence-corrected chi connectivity index (χ1v) is 12.0. The predicted molar refractivity (Wildman–Crippen MR) is 125 cm³/mol. The molecule has 0 atom stereocenters. The van der Waals surface area contributed by atoms with E-state index >= 15 is 0 Å². The summed E-state index contributed by atoms with van der Waals surface area (Å²) in [6, 6.07) is 8.73. The Morgan fingerprint density at radius 1 is 0.903 bits per heavy atom. The van der Waals surface area contributed by atoms with E-state index in [1.807, 2.05) is 6.07 Å². The highest BCUT2D eigenvalue weighted by Crippen LogP contribution is 2.39. The first kappa shape index (κ1) is 22.2. The number of nitrogens with zero attached hydrogens (tertiary/aromatic N) is 1. The lowest BCUT2D eigenvalue weighted by Crippen LogP contribution is -2.29. The molecule has 1 aromatic heterocycles. The molecule has 1 heterocycles. The second kappa shape index (κ2) is 8.88. The van der Waals surface area contributed by atoms with Gasteiger partial charge >= 0.3 is 0 Å². The van der Waals surface area contributed by atoms with E-state index in [1.54, 1.807) is 6.20 Å². The van der Waals surface area contributed by atoms with Gasteiger partial charge in [0.1, 0.15) is 10.6 Å². The summed E-state index contributed by atoms with van der Waals surface area (Å²) >= 11 is 24.5. The van der Waals surface area contributed by atoms with Crippen LogP contribution in [0.4, 0.5) is 5.69 Å². The van der Waals surface area contributed by atoms with Crippen molar-refractivity contribution < 1.29 is 13.2 Å². The van der Waals surface area contributed by atoms with Crippen molar-refractivity contribution in [1.29, 1.82) is 0 Å². The molecule has 0 amide bonds. The maximum absolute atomic E-state index is 12.7. The molecule has 31 heavy (non-hydrogen) atoms. The molecule has 0 fully saturated rings. The van der Waals surface area contributed by atoms with E-state index in [0.29, 0.717) is 10.8 Å². The minimum atomic E-state index is -3.99. The standard InChI is InChI=1S/C21H14Cl4N2O3S/c22-13-5-6-20(16(23)8-13)31(28,29)27-14-9-17(24)21(18(25)10-14)30-15-7-12-3-1-2-4-19(12)26-11-15/h3-11,27H,1-2H2. The van der Waals surface area contributed by atoms with Crippen molar-refractivity contribution in [2.45, 2.75) is 17.7 Å². The van der Waals surface area contributed by atoms with E-state index in [4.69, 9.17) is 51.1 Å². The Bertz CT molecular complexity index is 1390. The van der Waals surface area contributed by atoms with Gasteiger partial charge in [-0.2, -0.15) is 0 Å². The van der Waals surface area contributed by atoms with Crippen molar-refractivity contribution in [1.82, 2.24) is 4.98 Å². The second-order valence-electron chi connectivity index (χ2n) is 6.68. The quantitative estimate of drug-likeness (QED) is 0.477. The second-order valence-corrected chi connectivity index (χ2v) is 9.99. The minimum Gasteiger partial charge on any atom is -0.453 e. The number of rotatable bonds is 5. The zero-order valence-corrected chi connectivity index (χ0v) is 19.5. The highest BCUT2D eigenvalue weighted by atomic mass is 35.5. The van der Waals surface area contributed by atoms with Crippen molar-refractivity contribution in [2.75, 3.05) is 4.72 Å². The van der Waals surface area contributed by atoms with Gasteiger partial charge in [-0.15, -0.1) is 0 Å². The molecule has 1 aliphatic rings. The van der Waals surface area contributed by atoms with Crippen LogP contribution in [0.15, 0.2) is 47.5 Å². The first-order valence-electron chi connectivity index (χ1n) is 9.04. The van der Waals surface area contributed by atoms with Crippen LogP contribution in [0, 0.1) is 0 Å². The number of aromatic nitrogens is 1. The fourth-order valence-corrected chi connectivity index (χ4v) is 5.44. The number of fused-ring (bicyclic) bond motifs is 1. The van der Waals surface area contributed by atoms with E-state index in [9.17, 15) is 8.42 Å². The largest absolute Gasteiger partial charge is 0.453 e. The Morgan fingerprint density at radius 2 is 1.61 bits per heavy atom. The van der Waals surface area contributed by atoms with Crippen molar-refractivity contribution in [2.24, 2.45) is 0 Å². The molecule has 1 aliphatic carbocycles. The number of hydrogen-bond donors (Lipinski definition) is 1. The van der Waals surface area contributed by atoms with Gasteiger partial charge in [-0.05, 0) is 54.5 Å². The summed E-state index contributed by atoms with van der Waals surface area (Å²) in [5.41, 5.74) is 0.153. The fraction of sp³-hybridized carbons (Fsp3) is 0.0952. The highest BCUT2D eigenvalue weighted by molar-refractivity contribution is 7.92. The van der Waals surface area contributed by atoms with Crippen LogP contribution in [0.5, 0.6) is 11.5 Å². The Hall–Kier alpha value is -1.96. The average molecular weight is 516 g/mol. The summed E-state index contributed by atoms with van der Waals surface area (Å²) in [7, 11) is -3.99. The average Bonchev–Trinajstić information content (AvgIpc) is 2.70. The summed E-state index contributed by atoms with van der Waals surface area (Å²) < 4.78 is 33.6. The van der Waals surface area contributed by atoms with E-state index in [-0.39, 0.29) is 31.4 Å². The van der Waals surface area contributed by atoms with Gasteiger partial charge in [0, 0.05) is 5.02 Å². The number of benzene rings is 2. The van der Waals surface area contributed by atoms with Crippen LogP contribution in [0.25, 0.3) is 12.2 Å². The minimum absolute atomic E-state index is 0.00823. The molecule has 0 unspecified atom stereocenters. The summed E-state index contributed by atoms with van der Waals surface area (Å²) in [5.74, 6) is 0.660. The van der Waals surface area contributed by atoms with Gasteiger partial charge in [0.2, 0.25) is 0 Å². The van der Waals surface area contributed by atoms with E-state index < -0.39 is 10.0 Å². The number of hydrogen-bond acceptors (Lipinski definition) is 4. The van der Waals surface area contributed by atoms with Gasteiger partial charge < -0.3 is 4.74 Å². The molecule has 160 valence electrons. The lowest BCUT2D eigenvalue weighted by atomic mass is 10.1. The van der Waals surface area contributed by atoms with Crippen LogP contribution in [0.1, 0.15) is 12.8 Å². The molecular formula is C21H14Cl4N2O3S. The smallest absolute Gasteiger partial charge is 0.263 e. The van der Waals surface area contributed by atoms with Crippen molar-refractivity contribution in [3.05, 3.63) is 73.3 Å². The molecule has 0 spiro atoms. The predicted octanol–water partition coefficient (Wildman–Crippen LogP) is 5.64. The molecule has 0 aliphatic heterocycles. The van der Waals surface area contributed by atoms with Crippen LogP contribution in [0.3, 0.4) is 0 Å². The van der Waals surface area contributed by atoms with Crippen LogP contribution >= 0.6 is 46.4 Å². The number of anilines is 1. The van der Waals surface area contributed by atoms with Crippen LogP contribution in [0.2, 0.25) is 20.1 Å². The molecule has 3 aromatic rings. The Kier molecular flexibility index (Phi) is 6.37. The lowest BCUT2D eigenvalue weighted by Gasteiger charge is -2.14. The molecule has 2 aromatic carbocycles. The van der Waals surface area contributed by atoms with Gasteiger partial charge in [0.25, 0.3) is 10.0 Å². The fourth-order valence-electron chi connectivity index (χ4n) is 3.06. The highest BCUT2D eigenvalue weighted by Gasteiger charge is 2.20. The first-order chi connectivity index (χ1) is 14.7. The summed E-state index contributed by atoms with van der Waals surface area (Å²) in [4.78, 5) is 4.25. The van der Waals surface area contributed by atoms with Crippen LogP contribution in [-0.4, -0.2) is 13.4 Å². The number of pyridine rings is 1. The maximum Gasteiger partial charge on any atom is 0.263 e. The molecule has 0 saturated carbocycles. The Morgan fingerprint density at radius 3 is 2.32 bits per heavy atom. The van der Waals surface area contributed by atoms with Gasteiger partial charge in [0.15, 0.2) is 5.75 Å².